The molecule has 1 fully saturated rings. The van der Waals surface area contributed by atoms with Crippen LogP contribution in [0.1, 0.15) is 10.5 Å². The topological polar surface area (TPSA) is 104 Å². The maximum absolute atomic E-state index is 12.8. The van der Waals surface area contributed by atoms with E-state index in [0.717, 1.165) is 5.56 Å². The minimum Gasteiger partial charge on any atom is -0.335 e. The highest BCUT2D eigenvalue weighted by atomic mass is 35.5. The second kappa shape index (κ2) is 8.03. The smallest absolute Gasteiger partial charge is 0.271 e. The fourth-order valence-corrected chi connectivity index (χ4v) is 4.92. The van der Waals surface area contributed by atoms with E-state index in [2.05, 4.69) is 15.3 Å². The van der Waals surface area contributed by atoms with E-state index < -0.39 is 10.0 Å². The molecular formula is C18H18Cl2N6O3S. The normalized spacial score (nSPS) is 15.5. The average Bonchev–Trinajstić information content (AvgIpc) is 3.39. The molecule has 1 aromatic carbocycles. The van der Waals surface area contributed by atoms with E-state index >= 15 is 0 Å². The van der Waals surface area contributed by atoms with Gasteiger partial charge in [-0.05, 0) is 18.2 Å². The fraction of sp³-hybridized carbons (Fsp3) is 0.278. The van der Waals surface area contributed by atoms with Crippen LogP contribution < -0.4 is 0 Å². The van der Waals surface area contributed by atoms with E-state index in [1.165, 1.54) is 21.4 Å². The Kier molecular flexibility index (Phi) is 5.58. The van der Waals surface area contributed by atoms with Crippen LogP contribution in [0.3, 0.4) is 0 Å². The molecule has 1 amide bonds. The number of hydrogen-bond acceptors (Lipinski definition) is 5. The Morgan fingerprint density at radius 1 is 1.10 bits per heavy atom. The molecule has 9 nitrogen and oxygen atoms in total. The zero-order valence-electron chi connectivity index (χ0n) is 15.9. The maximum atomic E-state index is 12.8. The number of aryl methyl sites for hydroxylation is 1. The van der Waals surface area contributed by atoms with Gasteiger partial charge in [-0.2, -0.15) is 14.5 Å². The fourth-order valence-electron chi connectivity index (χ4n) is 3.22. The number of nitrogens with zero attached hydrogens (tertiary/aromatic N) is 5. The van der Waals surface area contributed by atoms with Crippen LogP contribution in [0.4, 0.5) is 0 Å². The number of amides is 1. The van der Waals surface area contributed by atoms with Crippen LogP contribution in [0.25, 0.3) is 11.3 Å². The lowest BCUT2D eigenvalue weighted by Gasteiger charge is -2.33. The van der Waals surface area contributed by atoms with Gasteiger partial charge in [-0.3, -0.25) is 14.6 Å². The van der Waals surface area contributed by atoms with Crippen LogP contribution in [-0.4, -0.2) is 69.7 Å². The molecule has 1 aliphatic rings. The van der Waals surface area contributed by atoms with Gasteiger partial charge in [0, 0.05) is 45.0 Å². The van der Waals surface area contributed by atoms with Gasteiger partial charge in [0.25, 0.3) is 5.91 Å². The molecule has 0 unspecified atom stereocenters. The lowest BCUT2D eigenvalue weighted by Crippen LogP contribution is -2.50. The summed E-state index contributed by atoms with van der Waals surface area (Å²) in [5.41, 5.74) is 1.61. The summed E-state index contributed by atoms with van der Waals surface area (Å²) in [7, 11) is -1.97. The van der Waals surface area contributed by atoms with Gasteiger partial charge < -0.3 is 4.90 Å². The Morgan fingerprint density at radius 3 is 2.47 bits per heavy atom. The highest BCUT2D eigenvalue weighted by molar-refractivity contribution is 7.89. The van der Waals surface area contributed by atoms with Gasteiger partial charge in [0.2, 0.25) is 10.0 Å². The number of hydrogen-bond donors (Lipinski definition) is 1. The van der Waals surface area contributed by atoms with Crippen molar-refractivity contribution in [1.82, 2.24) is 29.2 Å². The predicted octanol–water partition coefficient (Wildman–Crippen LogP) is 2.26. The summed E-state index contributed by atoms with van der Waals surface area (Å²) < 4.78 is 28.2. The first kappa shape index (κ1) is 20.9. The molecule has 3 heterocycles. The number of piperazine rings is 1. The first-order valence-corrected chi connectivity index (χ1v) is 11.2. The van der Waals surface area contributed by atoms with Gasteiger partial charge in [-0.15, -0.1) is 0 Å². The predicted molar refractivity (Wildman–Crippen MR) is 112 cm³/mol. The van der Waals surface area contributed by atoms with E-state index in [4.69, 9.17) is 23.2 Å². The first-order valence-electron chi connectivity index (χ1n) is 9.04. The minimum absolute atomic E-state index is 0.143. The number of halogens is 2. The van der Waals surface area contributed by atoms with Crippen LogP contribution in [0, 0.1) is 0 Å². The molecule has 3 aromatic rings. The molecule has 2 aromatic heterocycles. The van der Waals surface area contributed by atoms with E-state index in [0.29, 0.717) is 21.4 Å². The molecule has 0 atom stereocenters. The zero-order valence-corrected chi connectivity index (χ0v) is 18.2. The Morgan fingerprint density at radius 2 is 1.83 bits per heavy atom. The lowest BCUT2D eigenvalue weighted by molar-refractivity contribution is 0.0692. The Hall–Kier alpha value is -2.40. The van der Waals surface area contributed by atoms with Crippen LogP contribution in [0.5, 0.6) is 0 Å². The number of carbonyl (C=O) groups is 1. The number of benzene rings is 1. The van der Waals surface area contributed by atoms with Gasteiger partial charge in [-0.25, -0.2) is 8.42 Å². The number of aromatic nitrogens is 4. The Labute approximate surface area is 183 Å². The molecule has 30 heavy (non-hydrogen) atoms. The number of aromatic amines is 1. The molecule has 12 heteroatoms. The highest BCUT2D eigenvalue weighted by Crippen LogP contribution is 2.28. The molecule has 0 saturated carbocycles. The summed E-state index contributed by atoms with van der Waals surface area (Å²) >= 11 is 12.0. The van der Waals surface area contributed by atoms with E-state index in [1.54, 1.807) is 36.2 Å². The summed E-state index contributed by atoms with van der Waals surface area (Å²) in [6.07, 6.45) is 2.78. The average molecular weight is 469 g/mol. The van der Waals surface area contributed by atoms with Gasteiger partial charge in [0.15, 0.2) is 0 Å². The Bertz CT molecular complexity index is 1200. The molecule has 158 valence electrons. The largest absolute Gasteiger partial charge is 0.335 e. The van der Waals surface area contributed by atoms with Gasteiger partial charge >= 0.3 is 0 Å². The summed E-state index contributed by atoms with van der Waals surface area (Å²) in [6.45, 7) is 0.965. The molecule has 4 rings (SSSR count). The number of H-pyrrole nitrogens is 1. The first-order chi connectivity index (χ1) is 14.3. The van der Waals surface area contributed by atoms with E-state index in [9.17, 15) is 13.2 Å². The third-order valence-corrected chi connectivity index (χ3v) is 7.46. The molecule has 0 radical (unpaired) electrons. The third-order valence-electron chi connectivity index (χ3n) is 4.87. The van der Waals surface area contributed by atoms with Gasteiger partial charge in [0.05, 0.1) is 21.9 Å². The summed E-state index contributed by atoms with van der Waals surface area (Å²) in [5.74, 6) is -0.243. The second-order valence-electron chi connectivity index (χ2n) is 6.84. The standard InChI is InChI=1S/C18H18Cl2N6O3S/c1-24-11-13(10-21-24)30(28,29)26-6-4-25(5-7-26)18(27)17-9-16(22-23-17)12-2-3-14(19)15(20)8-12/h2-3,8-11H,4-7H2,1H3,(H,22,23). The molecule has 0 bridgehead atoms. The lowest BCUT2D eigenvalue weighted by atomic mass is 10.1. The van der Waals surface area contributed by atoms with Crippen molar-refractivity contribution in [1.29, 1.82) is 0 Å². The van der Waals surface area contributed by atoms with E-state index in [-0.39, 0.29) is 37.0 Å². The molecule has 0 aliphatic carbocycles. The van der Waals surface area contributed by atoms with Crippen molar-refractivity contribution >= 4 is 39.1 Å². The van der Waals surface area contributed by atoms with E-state index in [1.807, 2.05) is 0 Å². The van der Waals surface area contributed by atoms with Crippen molar-refractivity contribution in [2.45, 2.75) is 4.90 Å². The third kappa shape index (κ3) is 3.95. The van der Waals surface area contributed by atoms with Crippen molar-refractivity contribution in [2.24, 2.45) is 7.05 Å². The molecule has 0 spiro atoms. The second-order valence-corrected chi connectivity index (χ2v) is 9.59. The monoisotopic (exact) mass is 468 g/mol. The van der Waals surface area contributed by atoms with Crippen LogP contribution >= 0.6 is 23.2 Å². The summed E-state index contributed by atoms with van der Waals surface area (Å²) in [6, 6.07) is 6.75. The number of carbonyl (C=O) groups excluding carboxylic acids is 1. The number of nitrogens with one attached hydrogen (secondary N) is 1. The Balaban J connectivity index is 1.43. The molecule has 1 saturated heterocycles. The van der Waals surface area contributed by atoms with Crippen molar-refractivity contribution in [3.8, 4) is 11.3 Å². The van der Waals surface area contributed by atoms with Gasteiger partial charge in [-0.1, -0.05) is 29.3 Å². The number of sulfonamides is 1. The van der Waals surface area contributed by atoms with Crippen molar-refractivity contribution in [2.75, 3.05) is 26.2 Å². The van der Waals surface area contributed by atoms with Gasteiger partial charge in [0.1, 0.15) is 10.6 Å². The highest BCUT2D eigenvalue weighted by Gasteiger charge is 2.31. The molecule has 1 N–H and O–H groups in total. The van der Waals surface area contributed by atoms with Crippen molar-refractivity contribution < 1.29 is 13.2 Å². The maximum Gasteiger partial charge on any atom is 0.271 e. The van der Waals surface area contributed by atoms with Crippen molar-refractivity contribution in [3.63, 3.8) is 0 Å². The summed E-state index contributed by atoms with van der Waals surface area (Å²) in [5, 5.41) is 11.7. The minimum atomic E-state index is -3.63. The van der Waals surface area contributed by atoms with Crippen LogP contribution in [-0.2, 0) is 17.1 Å². The number of rotatable bonds is 4. The SMILES string of the molecule is Cn1cc(S(=O)(=O)N2CCN(C(=O)c3cc(-c4ccc(Cl)c(Cl)c4)n[nH]3)CC2)cn1. The molecule has 1 aliphatic heterocycles. The van der Waals surface area contributed by atoms with Crippen molar-refractivity contribution in [3.05, 3.63) is 52.4 Å². The zero-order chi connectivity index (χ0) is 21.5. The summed E-state index contributed by atoms with van der Waals surface area (Å²) in [4.78, 5) is 14.6. The van der Waals surface area contributed by atoms with Crippen LogP contribution in [0.2, 0.25) is 10.0 Å². The quantitative estimate of drug-likeness (QED) is 0.632. The van der Waals surface area contributed by atoms with Crippen LogP contribution in [0.15, 0.2) is 41.6 Å². The molecular weight excluding hydrogens is 451 g/mol.